The van der Waals surface area contributed by atoms with E-state index in [9.17, 15) is 5.11 Å². The molecule has 1 aromatic rings. The third-order valence-electron chi connectivity index (χ3n) is 4.21. The van der Waals surface area contributed by atoms with Crippen LogP contribution in [0.1, 0.15) is 57.6 Å². The lowest BCUT2D eigenvalue weighted by Gasteiger charge is -2.33. The number of hydrogen-bond donors (Lipinski definition) is 2. The quantitative estimate of drug-likeness (QED) is 0.837. The second-order valence-corrected chi connectivity index (χ2v) is 5.89. The molecule has 2 N–H and O–H groups in total. The first-order valence-electron chi connectivity index (χ1n) is 7.81. The fourth-order valence-corrected chi connectivity index (χ4v) is 2.87. The monoisotopic (exact) mass is 277 g/mol. The third kappa shape index (κ3) is 4.22. The molecule has 1 fully saturated rings. The zero-order valence-corrected chi connectivity index (χ0v) is 12.7. The van der Waals surface area contributed by atoms with E-state index in [1.165, 1.54) is 12.0 Å². The minimum atomic E-state index is -0.502. The molecule has 0 heterocycles. The minimum absolute atomic E-state index is 0.247. The van der Waals surface area contributed by atoms with Gasteiger partial charge in [0.2, 0.25) is 0 Å². The van der Waals surface area contributed by atoms with Gasteiger partial charge >= 0.3 is 0 Å². The number of benzene rings is 1. The van der Waals surface area contributed by atoms with Gasteiger partial charge in [-0.1, -0.05) is 31.4 Å². The lowest BCUT2D eigenvalue weighted by Crippen LogP contribution is -2.42. The van der Waals surface area contributed by atoms with Crippen LogP contribution in [-0.4, -0.2) is 23.9 Å². The molecule has 1 unspecified atom stereocenters. The van der Waals surface area contributed by atoms with E-state index in [1.807, 2.05) is 19.1 Å². The van der Waals surface area contributed by atoms with Gasteiger partial charge in [-0.25, -0.2) is 0 Å². The van der Waals surface area contributed by atoms with Gasteiger partial charge in [-0.15, -0.1) is 0 Å². The molecular weight excluding hydrogens is 250 g/mol. The van der Waals surface area contributed by atoms with Crippen LogP contribution >= 0.6 is 0 Å². The zero-order valence-electron chi connectivity index (χ0n) is 12.7. The smallest absolute Gasteiger partial charge is 0.119 e. The molecule has 2 rings (SSSR count). The van der Waals surface area contributed by atoms with Crippen LogP contribution in [0.2, 0.25) is 0 Å². The maximum absolute atomic E-state index is 10.5. The predicted octanol–water partition coefficient (Wildman–Crippen LogP) is 3.43. The topological polar surface area (TPSA) is 41.5 Å². The van der Waals surface area contributed by atoms with Crippen LogP contribution < -0.4 is 10.1 Å². The van der Waals surface area contributed by atoms with Gasteiger partial charge in [0.25, 0.3) is 0 Å². The SMILES string of the molecule is CCOc1ccc(C(C)NCC2(O)CCCCC2)cc1. The molecule has 0 aliphatic heterocycles. The van der Waals surface area contributed by atoms with Gasteiger partial charge in [0.1, 0.15) is 5.75 Å². The Morgan fingerprint density at radius 2 is 1.85 bits per heavy atom. The Balaban J connectivity index is 1.86. The first-order chi connectivity index (χ1) is 9.63. The highest BCUT2D eigenvalue weighted by Gasteiger charge is 2.29. The predicted molar refractivity (Wildman–Crippen MR) is 82.1 cm³/mol. The zero-order chi connectivity index (χ0) is 14.4. The highest BCUT2D eigenvalue weighted by Crippen LogP contribution is 2.28. The van der Waals surface area contributed by atoms with Gasteiger partial charge in [-0.05, 0) is 44.4 Å². The average molecular weight is 277 g/mol. The van der Waals surface area contributed by atoms with E-state index in [1.54, 1.807) is 0 Å². The Morgan fingerprint density at radius 1 is 1.20 bits per heavy atom. The number of aliphatic hydroxyl groups is 1. The van der Waals surface area contributed by atoms with E-state index < -0.39 is 5.60 Å². The molecule has 3 heteroatoms. The van der Waals surface area contributed by atoms with Gasteiger partial charge in [-0.3, -0.25) is 0 Å². The van der Waals surface area contributed by atoms with E-state index in [0.717, 1.165) is 31.4 Å². The molecular formula is C17H27NO2. The Hall–Kier alpha value is -1.06. The Bertz CT molecular complexity index is 396. The van der Waals surface area contributed by atoms with Crippen molar-refractivity contribution >= 4 is 0 Å². The summed E-state index contributed by atoms with van der Waals surface area (Å²) in [6, 6.07) is 8.44. The van der Waals surface area contributed by atoms with Crippen LogP contribution in [0.3, 0.4) is 0 Å². The Kier molecular flexibility index (Phi) is 5.44. The summed E-state index contributed by atoms with van der Waals surface area (Å²) in [6.07, 6.45) is 5.41. The fraction of sp³-hybridized carbons (Fsp3) is 0.647. The summed E-state index contributed by atoms with van der Waals surface area (Å²) < 4.78 is 5.45. The van der Waals surface area contributed by atoms with E-state index >= 15 is 0 Å². The Labute approximate surface area is 122 Å². The number of hydrogen-bond acceptors (Lipinski definition) is 3. The summed E-state index contributed by atoms with van der Waals surface area (Å²) in [4.78, 5) is 0. The molecule has 0 amide bonds. The van der Waals surface area contributed by atoms with Crippen molar-refractivity contribution in [3.63, 3.8) is 0 Å². The van der Waals surface area contributed by atoms with Crippen molar-refractivity contribution in [2.75, 3.05) is 13.2 Å². The second-order valence-electron chi connectivity index (χ2n) is 5.89. The molecule has 1 atom stereocenters. The number of rotatable bonds is 6. The Morgan fingerprint density at radius 3 is 2.45 bits per heavy atom. The lowest BCUT2D eigenvalue weighted by atomic mass is 9.84. The van der Waals surface area contributed by atoms with Crippen LogP contribution in [-0.2, 0) is 0 Å². The normalized spacial score (nSPS) is 19.6. The molecule has 0 spiro atoms. The first kappa shape index (κ1) is 15.3. The van der Waals surface area contributed by atoms with Gasteiger partial charge in [0, 0.05) is 12.6 Å². The van der Waals surface area contributed by atoms with Gasteiger partial charge < -0.3 is 15.2 Å². The van der Waals surface area contributed by atoms with Crippen molar-refractivity contribution in [1.29, 1.82) is 0 Å². The molecule has 0 saturated heterocycles. The highest BCUT2D eigenvalue weighted by atomic mass is 16.5. The van der Waals surface area contributed by atoms with Crippen molar-refractivity contribution in [3.05, 3.63) is 29.8 Å². The molecule has 20 heavy (non-hydrogen) atoms. The van der Waals surface area contributed by atoms with Crippen molar-refractivity contribution in [2.45, 2.75) is 57.6 Å². The summed E-state index contributed by atoms with van der Waals surface area (Å²) in [5.74, 6) is 0.911. The standard InChI is InChI=1S/C17H27NO2/c1-3-20-16-9-7-15(8-10-16)14(2)18-13-17(19)11-5-4-6-12-17/h7-10,14,18-19H,3-6,11-13H2,1-2H3. The van der Waals surface area contributed by atoms with Gasteiger partial charge in [0.15, 0.2) is 0 Å². The molecule has 1 aliphatic rings. The summed E-state index contributed by atoms with van der Waals surface area (Å²) in [5, 5.41) is 14.0. The van der Waals surface area contributed by atoms with Gasteiger partial charge in [-0.2, -0.15) is 0 Å². The molecule has 0 aromatic heterocycles. The summed E-state index contributed by atoms with van der Waals surface area (Å²) in [5.41, 5.74) is 0.727. The fourth-order valence-electron chi connectivity index (χ4n) is 2.87. The first-order valence-corrected chi connectivity index (χ1v) is 7.81. The average Bonchev–Trinajstić information content (AvgIpc) is 2.47. The van der Waals surface area contributed by atoms with E-state index in [0.29, 0.717) is 13.2 Å². The van der Waals surface area contributed by atoms with Crippen molar-refractivity contribution in [2.24, 2.45) is 0 Å². The maximum Gasteiger partial charge on any atom is 0.119 e. The molecule has 0 bridgehead atoms. The highest BCUT2D eigenvalue weighted by molar-refractivity contribution is 5.28. The van der Waals surface area contributed by atoms with Crippen molar-refractivity contribution in [1.82, 2.24) is 5.32 Å². The largest absolute Gasteiger partial charge is 0.494 e. The molecule has 0 radical (unpaired) electrons. The molecule has 112 valence electrons. The number of nitrogens with one attached hydrogen (secondary N) is 1. The lowest BCUT2D eigenvalue weighted by molar-refractivity contribution is 0.00300. The molecule has 1 saturated carbocycles. The third-order valence-corrected chi connectivity index (χ3v) is 4.21. The van der Waals surface area contributed by atoms with Gasteiger partial charge in [0.05, 0.1) is 12.2 Å². The van der Waals surface area contributed by atoms with Crippen molar-refractivity contribution < 1.29 is 9.84 Å². The molecule has 1 aromatic carbocycles. The minimum Gasteiger partial charge on any atom is -0.494 e. The van der Waals surface area contributed by atoms with Crippen LogP contribution in [0.5, 0.6) is 5.75 Å². The molecule has 3 nitrogen and oxygen atoms in total. The number of ether oxygens (including phenoxy) is 1. The van der Waals surface area contributed by atoms with Crippen LogP contribution in [0, 0.1) is 0 Å². The van der Waals surface area contributed by atoms with E-state index in [2.05, 4.69) is 24.4 Å². The van der Waals surface area contributed by atoms with Crippen LogP contribution in [0.25, 0.3) is 0 Å². The molecule has 1 aliphatic carbocycles. The summed E-state index contributed by atoms with van der Waals surface area (Å²) >= 11 is 0. The van der Waals surface area contributed by atoms with E-state index in [-0.39, 0.29) is 6.04 Å². The van der Waals surface area contributed by atoms with Crippen LogP contribution in [0.4, 0.5) is 0 Å². The maximum atomic E-state index is 10.5. The van der Waals surface area contributed by atoms with Crippen molar-refractivity contribution in [3.8, 4) is 5.75 Å². The summed E-state index contributed by atoms with van der Waals surface area (Å²) in [6.45, 7) is 5.51. The van der Waals surface area contributed by atoms with E-state index in [4.69, 9.17) is 4.74 Å². The van der Waals surface area contributed by atoms with Crippen LogP contribution in [0.15, 0.2) is 24.3 Å². The summed E-state index contributed by atoms with van der Waals surface area (Å²) in [7, 11) is 0. The second kappa shape index (κ2) is 7.09.